The summed E-state index contributed by atoms with van der Waals surface area (Å²) in [5.41, 5.74) is 9.41. The molecule has 0 aliphatic heterocycles. The number of para-hydroxylation sites is 1. The molecule has 106 valence electrons. The second-order valence-electron chi connectivity index (χ2n) is 5.29. The molecule has 2 N–H and O–H groups in total. The van der Waals surface area contributed by atoms with E-state index in [1.54, 1.807) is 0 Å². The van der Waals surface area contributed by atoms with Crippen molar-refractivity contribution >= 4 is 5.69 Å². The van der Waals surface area contributed by atoms with Crippen LogP contribution in [0.15, 0.2) is 48.5 Å². The minimum Gasteiger partial charge on any atom is -0.370 e. The van der Waals surface area contributed by atoms with Crippen LogP contribution in [0.5, 0.6) is 0 Å². The lowest BCUT2D eigenvalue weighted by Gasteiger charge is -2.23. The smallest absolute Gasteiger partial charge is 0.123 e. The van der Waals surface area contributed by atoms with Crippen LogP contribution in [0, 0.1) is 5.82 Å². The Hall–Kier alpha value is -1.87. The summed E-state index contributed by atoms with van der Waals surface area (Å²) in [5, 5.41) is 0. The number of anilines is 1. The monoisotopic (exact) mass is 272 g/mol. The van der Waals surface area contributed by atoms with Crippen molar-refractivity contribution in [2.75, 3.05) is 11.9 Å². The molecule has 3 heteroatoms. The van der Waals surface area contributed by atoms with Gasteiger partial charge in [0.1, 0.15) is 5.82 Å². The summed E-state index contributed by atoms with van der Waals surface area (Å²) in [6.07, 6.45) is 0.851. The van der Waals surface area contributed by atoms with Gasteiger partial charge in [-0.3, -0.25) is 0 Å². The van der Waals surface area contributed by atoms with Gasteiger partial charge in [0.05, 0.1) is 0 Å². The van der Waals surface area contributed by atoms with E-state index in [4.69, 9.17) is 5.73 Å². The lowest BCUT2D eigenvalue weighted by Crippen LogP contribution is -2.22. The van der Waals surface area contributed by atoms with Crippen molar-refractivity contribution in [3.8, 4) is 0 Å². The second-order valence-corrected chi connectivity index (χ2v) is 5.29. The molecule has 0 saturated heterocycles. The van der Waals surface area contributed by atoms with E-state index >= 15 is 0 Å². The van der Waals surface area contributed by atoms with Gasteiger partial charge in [-0.15, -0.1) is 0 Å². The zero-order chi connectivity index (χ0) is 14.5. The van der Waals surface area contributed by atoms with Crippen molar-refractivity contribution in [2.45, 2.75) is 25.9 Å². The van der Waals surface area contributed by atoms with Gasteiger partial charge >= 0.3 is 0 Å². The minimum atomic E-state index is -0.200. The minimum absolute atomic E-state index is 0.135. The molecule has 1 unspecified atom stereocenters. The highest BCUT2D eigenvalue weighted by atomic mass is 19.1. The molecule has 0 heterocycles. The summed E-state index contributed by atoms with van der Waals surface area (Å²) >= 11 is 0. The predicted octanol–water partition coefficient (Wildman–Crippen LogP) is 3.35. The van der Waals surface area contributed by atoms with Crippen LogP contribution in [-0.4, -0.2) is 13.1 Å². The van der Waals surface area contributed by atoms with Crippen LogP contribution in [-0.2, 0) is 13.0 Å². The van der Waals surface area contributed by atoms with Gasteiger partial charge in [-0.2, -0.15) is 0 Å². The molecule has 0 bridgehead atoms. The maximum absolute atomic E-state index is 12.9. The van der Waals surface area contributed by atoms with Gasteiger partial charge in [-0.25, -0.2) is 4.39 Å². The van der Waals surface area contributed by atoms with Crippen molar-refractivity contribution in [3.63, 3.8) is 0 Å². The molecule has 20 heavy (non-hydrogen) atoms. The number of nitrogens with zero attached hydrogens (tertiary/aromatic N) is 1. The summed E-state index contributed by atoms with van der Waals surface area (Å²) in [7, 11) is 2.05. The zero-order valence-electron chi connectivity index (χ0n) is 12.0. The Labute approximate surface area is 120 Å². The van der Waals surface area contributed by atoms with E-state index in [0.29, 0.717) is 0 Å². The van der Waals surface area contributed by atoms with Crippen LogP contribution in [0.4, 0.5) is 10.1 Å². The van der Waals surface area contributed by atoms with E-state index in [1.165, 1.54) is 23.4 Å². The fraction of sp³-hybridized carbons (Fsp3) is 0.294. The first-order valence-corrected chi connectivity index (χ1v) is 6.85. The van der Waals surface area contributed by atoms with Crippen molar-refractivity contribution in [3.05, 3.63) is 65.5 Å². The molecule has 0 fully saturated rings. The van der Waals surface area contributed by atoms with Crippen molar-refractivity contribution in [1.82, 2.24) is 0 Å². The third-order valence-corrected chi connectivity index (χ3v) is 3.28. The number of halogens is 1. The normalized spacial score (nSPS) is 12.2. The van der Waals surface area contributed by atoms with Gasteiger partial charge in [0, 0.05) is 25.3 Å². The van der Waals surface area contributed by atoms with Crippen molar-refractivity contribution in [1.29, 1.82) is 0 Å². The van der Waals surface area contributed by atoms with Gasteiger partial charge in [-0.05, 0) is 42.7 Å². The quantitative estimate of drug-likeness (QED) is 0.904. The van der Waals surface area contributed by atoms with Crippen molar-refractivity contribution < 1.29 is 4.39 Å². The summed E-state index contributed by atoms with van der Waals surface area (Å²) in [5.74, 6) is -0.200. The van der Waals surface area contributed by atoms with Crippen LogP contribution in [0.25, 0.3) is 0 Å². The third-order valence-electron chi connectivity index (χ3n) is 3.28. The highest BCUT2D eigenvalue weighted by molar-refractivity contribution is 5.53. The predicted molar refractivity (Wildman–Crippen MR) is 82.3 cm³/mol. The molecule has 1 atom stereocenters. The molecule has 0 aliphatic carbocycles. The summed E-state index contributed by atoms with van der Waals surface area (Å²) < 4.78 is 12.9. The molecular weight excluding hydrogens is 251 g/mol. The largest absolute Gasteiger partial charge is 0.370 e. The average molecular weight is 272 g/mol. The molecule has 0 spiro atoms. The number of hydrogen-bond acceptors (Lipinski definition) is 2. The number of rotatable bonds is 5. The molecule has 2 nitrogen and oxygen atoms in total. The number of hydrogen-bond donors (Lipinski definition) is 1. The molecule has 0 amide bonds. The van der Waals surface area contributed by atoms with E-state index in [1.807, 2.05) is 38.2 Å². The van der Waals surface area contributed by atoms with Crippen LogP contribution in [0.3, 0.4) is 0 Å². The Balaban J connectivity index is 2.16. The van der Waals surface area contributed by atoms with Crippen LogP contribution < -0.4 is 10.6 Å². The molecule has 0 saturated carbocycles. The number of nitrogens with two attached hydrogens (primary N) is 1. The van der Waals surface area contributed by atoms with E-state index in [0.717, 1.165) is 18.5 Å². The topological polar surface area (TPSA) is 29.3 Å². The van der Waals surface area contributed by atoms with Gasteiger partial charge in [0.2, 0.25) is 0 Å². The average Bonchev–Trinajstić information content (AvgIpc) is 2.41. The Kier molecular flexibility index (Phi) is 4.74. The fourth-order valence-electron chi connectivity index (χ4n) is 2.35. The summed E-state index contributed by atoms with van der Waals surface area (Å²) in [4.78, 5) is 2.17. The van der Waals surface area contributed by atoms with Gasteiger partial charge in [0.25, 0.3) is 0 Å². The van der Waals surface area contributed by atoms with E-state index in [-0.39, 0.29) is 11.9 Å². The Morgan fingerprint density at radius 3 is 2.40 bits per heavy atom. The first kappa shape index (κ1) is 14.5. The number of benzene rings is 2. The SMILES string of the molecule is CC(N)Cc1ccccc1N(C)Cc1ccc(F)cc1. The third kappa shape index (κ3) is 3.81. The zero-order valence-corrected chi connectivity index (χ0v) is 12.0. The van der Waals surface area contributed by atoms with Crippen LogP contribution >= 0.6 is 0 Å². The first-order valence-electron chi connectivity index (χ1n) is 6.85. The Morgan fingerprint density at radius 2 is 1.75 bits per heavy atom. The molecule has 0 aromatic heterocycles. The van der Waals surface area contributed by atoms with Crippen LogP contribution in [0.2, 0.25) is 0 Å². The van der Waals surface area contributed by atoms with E-state index in [9.17, 15) is 4.39 Å². The first-order chi connectivity index (χ1) is 9.56. The standard InChI is InChI=1S/C17H21FN2/c1-13(19)11-15-5-3-4-6-17(15)20(2)12-14-7-9-16(18)10-8-14/h3-10,13H,11-12,19H2,1-2H3. The lowest BCUT2D eigenvalue weighted by molar-refractivity contribution is 0.627. The van der Waals surface area contributed by atoms with E-state index < -0.39 is 0 Å². The maximum Gasteiger partial charge on any atom is 0.123 e. The van der Waals surface area contributed by atoms with Gasteiger partial charge in [-0.1, -0.05) is 30.3 Å². The molecule has 0 aliphatic rings. The Morgan fingerprint density at radius 1 is 1.10 bits per heavy atom. The molecule has 2 aromatic carbocycles. The maximum atomic E-state index is 12.9. The summed E-state index contributed by atoms with van der Waals surface area (Å²) in [6, 6.07) is 15.0. The molecular formula is C17H21FN2. The van der Waals surface area contributed by atoms with E-state index in [2.05, 4.69) is 17.0 Å². The second kappa shape index (κ2) is 6.53. The highest BCUT2D eigenvalue weighted by Gasteiger charge is 2.09. The van der Waals surface area contributed by atoms with Gasteiger partial charge in [0.15, 0.2) is 0 Å². The molecule has 2 aromatic rings. The van der Waals surface area contributed by atoms with Crippen molar-refractivity contribution in [2.24, 2.45) is 5.73 Å². The Bertz CT molecular complexity index is 549. The van der Waals surface area contributed by atoms with Crippen LogP contribution in [0.1, 0.15) is 18.1 Å². The lowest BCUT2D eigenvalue weighted by atomic mass is 10.0. The molecule has 2 rings (SSSR count). The highest BCUT2D eigenvalue weighted by Crippen LogP contribution is 2.22. The fourth-order valence-corrected chi connectivity index (χ4v) is 2.35. The summed E-state index contributed by atoms with van der Waals surface area (Å²) in [6.45, 7) is 2.76. The van der Waals surface area contributed by atoms with Gasteiger partial charge < -0.3 is 10.6 Å². The molecule has 0 radical (unpaired) electrons.